The second-order valence-corrected chi connectivity index (χ2v) is 2.66. The van der Waals surface area contributed by atoms with Gasteiger partial charge in [-0.05, 0) is 0 Å². The zero-order valence-electron chi connectivity index (χ0n) is 5.26. The zero-order valence-corrected chi connectivity index (χ0v) is 6.15. The van der Waals surface area contributed by atoms with E-state index in [9.17, 15) is 9.36 Å². The summed E-state index contributed by atoms with van der Waals surface area (Å²) in [5.41, 5.74) is 5.83. The van der Waals surface area contributed by atoms with Gasteiger partial charge < -0.3 is 15.7 Å². The first kappa shape index (κ1) is 10.3. The molecule has 0 heterocycles. The molecular formula is C2H7N2O6P. The molecule has 9 heteroatoms. The third-order valence-electron chi connectivity index (χ3n) is 0.482. The Kier molecular flexibility index (Phi) is 4.01. The van der Waals surface area contributed by atoms with Gasteiger partial charge in [-0.2, -0.15) is 4.62 Å². The molecule has 0 aliphatic rings. The lowest BCUT2D eigenvalue weighted by atomic mass is 11.2. The lowest BCUT2D eigenvalue weighted by molar-refractivity contribution is 0.0391. The Morgan fingerprint density at radius 1 is 1.73 bits per heavy atom. The smallest absolute Gasteiger partial charge is 0.370 e. The molecule has 5 N–H and O–H groups in total. The Labute approximate surface area is 61.5 Å². The number of urea groups is 1. The van der Waals surface area contributed by atoms with Gasteiger partial charge in [-0.15, -0.1) is 0 Å². The molecule has 2 amide bonds. The van der Waals surface area contributed by atoms with Crippen molar-refractivity contribution in [2.75, 3.05) is 6.79 Å². The van der Waals surface area contributed by atoms with Gasteiger partial charge in [-0.3, -0.25) is 4.52 Å². The molecule has 0 aliphatic heterocycles. The minimum absolute atomic E-state index is 1.01. The molecule has 0 saturated heterocycles. The Hall–Kier alpha value is -0.660. The van der Waals surface area contributed by atoms with Gasteiger partial charge in [0.25, 0.3) is 0 Å². The molecule has 8 nitrogen and oxygen atoms in total. The number of phosphoric acid groups is 1. The van der Waals surface area contributed by atoms with E-state index in [0.717, 1.165) is 0 Å². The molecule has 0 saturated carbocycles. The van der Waals surface area contributed by atoms with Crippen LogP contribution in [0.5, 0.6) is 0 Å². The number of amides is 2. The summed E-state index contributed by atoms with van der Waals surface area (Å²) in [5, 5.41) is 7.99. The summed E-state index contributed by atoms with van der Waals surface area (Å²) in [5.74, 6) is 0. The van der Waals surface area contributed by atoms with Crippen LogP contribution in [0.1, 0.15) is 0 Å². The Balaban J connectivity index is 3.73. The molecule has 1 atom stereocenters. The molecule has 11 heavy (non-hydrogen) atoms. The van der Waals surface area contributed by atoms with E-state index in [4.69, 9.17) is 10.00 Å². The van der Waals surface area contributed by atoms with Crippen LogP contribution in [-0.2, 0) is 13.7 Å². The first-order valence-electron chi connectivity index (χ1n) is 2.30. The van der Waals surface area contributed by atoms with Crippen molar-refractivity contribution in [3.63, 3.8) is 0 Å². The molecule has 0 rings (SSSR count). The normalized spacial score (nSPS) is 15.5. The number of hydroxylamine groups is 1. The van der Waals surface area contributed by atoms with E-state index in [-0.39, 0.29) is 0 Å². The van der Waals surface area contributed by atoms with Gasteiger partial charge in [0.05, 0.1) is 0 Å². The number of primary amides is 1. The molecule has 0 aliphatic carbocycles. The van der Waals surface area contributed by atoms with Crippen molar-refractivity contribution in [1.29, 1.82) is 0 Å². The summed E-state index contributed by atoms with van der Waals surface area (Å²) in [6, 6.07) is -1.15. The van der Waals surface area contributed by atoms with Crippen molar-refractivity contribution in [3.05, 3.63) is 0 Å². The van der Waals surface area contributed by atoms with Crippen LogP contribution >= 0.6 is 7.82 Å². The number of carbonyl (C=O) groups excluding carboxylic acids is 1. The minimum Gasteiger partial charge on any atom is -0.370 e. The van der Waals surface area contributed by atoms with Crippen molar-refractivity contribution in [3.8, 4) is 0 Å². The van der Waals surface area contributed by atoms with E-state index < -0.39 is 20.6 Å². The minimum atomic E-state index is -4.41. The van der Waals surface area contributed by atoms with E-state index in [0.29, 0.717) is 0 Å². The van der Waals surface area contributed by atoms with Gasteiger partial charge in [-0.1, -0.05) is 0 Å². The van der Waals surface area contributed by atoms with Crippen molar-refractivity contribution >= 4 is 13.9 Å². The monoisotopic (exact) mass is 186 g/mol. The number of aliphatic hydroxyl groups excluding tert-OH is 1. The summed E-state index contributed by atoms with van der Waals surface area (Å²) in [7, 11) is -4.41. The molecule has 1 unspecified atom stereocenters. The van der Waals surface area contributed by atoms with Crippen LogP contribution in [0.4, 0.5) is 4.79 Å². The van der Waals surface area contributed by atoms with Gasteiger partial charge >= 0.3 is 13.9 Å². The predicted octanol–water partition coefficient (Wildman–Crippen LogP) is -1.35. The maximum absolute atomic E-state index is 10.4. The second-order valence-electron chi connectivity index (χ2n) is 1.28. The average molecular weight is 186 g/mol. The van der Waals surface area contributed by atoms with Crippen molar-refractivity contribution in [1.82, 2.24) is 5.48 Å². The van der Waals surface area contributed by atoms with Crippen LogP contribution < -0.4 is 11.2 Å². The molecule has 0 aromatic rings. The SMILES string of the molecule is NC(=O)NOP(=O)(O)OCO. The number of aliphatic hydroxyl groups is 1. The number of hydrogen-bond acceptors (Lipinski definition) is 5. The Morgan fingerprint density at radius 2 is 2.27 bits per heavy atom. The lowest BCUT2D eigenvalue weighted by Gasteiger charge is -2.07. The highest BCUT2D eigenvalue weighted by atomic mass is 31.2. The third-order valence-corrected chi connectivity index (χ3v) is 1.25. The number of nitrogens with two attached hydrogens (primary N) is 1. The summed E-state index contributed by atoms with van der Waals surface area (Å²) in [6.45, 7) is -1.01. The van der Waals surface area contributed by atoms with Crippen molar-refractivity contribution < 1.29 is 28.5 Å². The Morgan fingerprint density at radius 3 is 2.64 bits per heavy atom. The topological polar surface area (TPSA) is 131 Å². The maximum atomic E-state index is 10.4. The van der Waals surface area contributed by atoms with Gasteiger partial charge in [0.15, 0.2) is 6.79 Å². The maximum Gasteiger partial charge on any atom is 0.495 e. The van der Waals surface area contributed by atoms with Crippen molar-refractivity contribution in [2.45, 2.75) is 0 Å². The van der Waals surface area contributed by atoms with Crippen LogP contribution in [0.15, 0.2) is 0 Å². The quantitative estimate of drug-likeness (QED) is 0.244. The standard InChI is InChI=1S/C2H7N2O6P/c3-2(6)4-10-11(7,8)9-1-5/h5H,1H2,(H,7,8)(H3,3,4,6). The molecule has 0 aromatic carbocycles. The van der Waals surface area contributed by atoms with Crippen LogP contribution in [0, 0.1) is 0 Å². The molecule has 0 radical (unpaired) electrons. The summed E-state index contributed by atoms with van der Waals surface area (Å²) in [4.78, 5) is 18.3. The molecule has 0 bridgehead atoms. The fourth-order valence-electron chi connectivity index (χ4n) is 0.202. The number of phosphoric ester groups is 1. The number of nitrogens with one attached hydrogen (secondary N) is 1. The van der Waals surface area contributed by atoms with Crippen LogP contribution in [0.2, 0.25) is 0 Å². The van der Waals surface area contributed by atoms with Gasteiger partial charge in [0.2, 0.25) is 0 Å². The molecular weight excluding hydrogens is 179 g/mol. The van der Waals surface area contributed by atoms with Gasteiger partial charge in [0.1, 0.15) is 0 Å². The zero-order chi connectivity index (χ0) is 8.91. The highest BCUT2D eigenvalue weighted by Gasteiger charge is 2.21. The molecule has 66 valence electrons. The van der Waals surface area contributed by atoms with Gasteiger partial charge in [0, 0.05) is 0 Å². The molecule has 0 spiro atoms. The van der Waals surface area contributed by atoms with Crippen LogP contribution in [0.3, 0.4) is 0 Å². The highest BCUT2D eigenvalue weighted by Crippen LogP contribution is 2.41. The first-order valence-corrected chi connectivity index (χ1v) is 3.79. The van der Waals surface area contributed by atoms with Crippen LogP contribution in [-0.4, -0.2) is 22.8 Å². The van der Waals surface area contributed by atoms with E-state index in [1.807, 2.05) is 0 Å². The fraction of sp³-hybridized carbons (Fsp3) is 0.500. The predicted molar refractivity (Wildman–Crippen MR) is 31.8 cm³/mol. The molecule has 0 aromatic heterocycles. The number of rotatable bonds is 4. The lowest BCUT2D eigenvalue weighted by Crippen LogP contribution is -2.28. The number of hydrogen-bond donors (Lipinski definition) is 4. The van der Waals surface area contributed by atoms with E-state index >= 15 is 0 Å². The van der Waals surface area contributed by atoms with Crippen LogP contribution in [0.25, 0.3) is 0 Å². The van der Waals surface area contributed by atoms with E-state index in [1.165, 1.54) is 5.48 Å². The number of carbonyl (C=O) groups is 1. The highest BCUT2D eigenvalue weighted by molar-refractivity contribution is 7.47. The summed E-state index contributed by atoms with van der Waals surface area (Å²) in [6.07, 6.45) is 0. The van der Waals surface area contributed by atoms with E-state index in [1.54, 1.807) is 0 Å². The summed E-state index contributed by atoms with van der Waals surface area (Å²) >= 11 is 0. The van der Waals surface area contributed by atoms with Crippen molar-refractivity contribution in [2.24, 2.45) is 5.73 Å². The Bertz CT molecular complexity index is 181. The summed E-state index contributed by atoms with van der Waals surface area (Å²) < 4.78 is 17.9. The molecule has 0 fully saturated rings. The fourth-order valence-corrected chi connectivity index (χ4v) is 0.606. The largest absolute Gasteiger partial charge is 0.495 e. The second kappa shape index (κ2) is 4.27. The average Bonchev–Trinajstić information content (AvgIpc) is 1.84. The van der Waals surface area contributed by atoms with Gasteiger partial charge in [-0.25, -0.2) is 14.8 Å². The van der Waals surface area contributed by atoms with E-state index in [2.05, 4.69) is 14.9 Å². The third kappa shape index (κ3) is 5.77. The first-order chi connectivity index (χ1) is 4.98.